The Labute approximate surface area is 233 Å². The molecule has 0 bridgehead atoms. The number of likely N-dealkylation sites (tertiary alicyclic amines) is 1. The SMILES string of the molecule is CONc1ccc(NC2CCN(C(=O)CC(=O)N3CCN(c4ccc(C(F)(F)F)cc4)CC3)CC2)cc1C(F)(F)F. The molecule has 0 unspecified atom stereocenters. The molecule has 41 heavy (non-hydrogen) atoms. The van der Waals surface area contributed by atoms with Gasteiger partial charge in [0.1, 0.15) is 6.42 Å². The van der Waals surface area contributed by atoms with Crippen LogP contribution in [-0.4, -0.2) is 74.0 Å². The highest BCUT2D eigenvalue weighted by molar-refractivity contribution is 5.97. The van der Waals surface area contributed by atoms with Gasteiger partial charge in [0, 0.05) is 56.7 Å². The van der Waals surface area contributed by atoms with E-state index in [9.17, 15) is 35.9 Å². The lowest BCUT2D eigenvalue weighted by molar-refractivity contribution is -0.141. The van der Waals surface area contributed by atoms with Crippen LogP contribution in [0, 0.1) is 0 Å². The zero-order valence-corrected chi connectivity index (χ0v) is 22.3. The van der Waals surface area contributed by atoms with Crippen molar-refractivity contribution in [2.75, 3.05) is 62.1 Å². The van der Waals surface area contributed by atoms with Gasteiger partial charge in [0.05, 0.1) is 23.9 Å². The Kier molecular flexibility index (Phi) is 9.20. The first-order chi connectivity index (χ1) is 19.3. The molecule has 4 rings (SSSR count). The Morgan fingerprint density at radius 3 is 1.95 bits per heavy atom. The predicted molar refractivity (Wildman–Crippen MR) is 140 cm³/mol. The third-order valence-corrected chi connectivity index (χ3v) is 7.25. The Bertz CT molecular complexity index is 1210. The van der Waals surface area contributed by atoms with Crippen LogP contribution in [0.2, 0.25) is 0 Å². The van der Waals surface area contributed by atoms with E-state index in [-0.39, 0.29) is 30.0 Å². The maximum absolute atomic E-state index is 13.4. The fourth-order valence-corrected chi connectivity index (χ4v) is 5.00. The molecule has 0 saturated carbocycles. The highest BCUT2D eigenvalue weighted by atomic mass is 19.4. The summed E-state index contributed by atoms with van der Waals surface area (Å²) in [4.78, 5) is 35.2. The Morgan fingerprint density at radius 2 is 1.41 bits per heavy atom. The van der Waals surface area contributed by atoms with Crippen molar-refractivity contribution in [3.05, 3.63) is 53.6 Å². The molecule has 0 radical (unpaired) electrons. The van der Waals surface area contributed by atoms with Crippen molar-refractivity contribution in [2.24, 2.45) is 0 Å². The Hall–Kier alpha value is -3.68. The number of piperidine rings is 1. The number of halogens is 6. The van der Waals surface area contributed by atoms with E-state index >= 15 is 0 Å². The van der Waals surface area contributed by atoms with E-state index in [1.54, 1.807) is 9.80 Å². The second-order valence-electron chi connectivity index (χ2n) is 9.95. The summed E-state index contributed by atoms with van der Waals surface area (Å²) in [6, 6.07) is 8.54. The van der Waals surface area contributed by atoms with Gasteiger partial charge in [-0.05, 0) is 55.3 Å². The fraction of sp³-hybridized carbons (Fsp3) is 0.481. The summed E-state index contributed by atoms with van der Waals surface area (Å²) in [5.74, 6) is -0.625. The number of piperazine rings is 1. The second-order valence-corrected chi connectivity index (χ2v) is 9.95. The van der Waals surface area contributed by atoms with Crippen LogP contribution in [0.5, 0.6) is 0 Å². The van der Waals surface area contributed by atoms with Gasteiger partial charge in [-0.15, -0.1) is 0 Å². The maximum atomic E-state index is 13.4. The Morgan fingerprint density at radius 1 is 0.829 bits per heavy atom. The van der Waals surface area contributed by atoms with Gasteiger partial charge in [-0.2, -0.15) is 26.3 Å². The van der Waals surface area contributed by atoms with Crippen molar-refractivity contribution < 1.29 is 40.8 Å². The molecule has 8 nitrogen and oxygen atoms in total. The molecular formula is C27H31F6N5O3. The van der Waals surface area contributed by atoms with Crippen LogP contribution in [0.3, 0.4) is 0 Å². The highest BCUT2D eigenvalue weighted by Gasteiger charge is 2.35. The molecular weight excluding hydrogens is 556 g/mol. The molecule has 2 N–H and O–H groups in total. The van der Waals surface area contributed by atoms with Gasteiger partial charge >= 0.3 is 12.4 Å². The molecule has 2 aromatic rings. The van der Waals surface area contributed by atoms with Crippen LogP contribution >= 0.6 is 0 Å². The minimum atomic E-state index is -4.57. The average Bonchev–Trinajstić information content (AvgIpc) is 2.93. The molecule has 0 aliphatic carbocycles. The number of hydrogen-bond donors (Lipinski definition) is 2. The number of carbonyl (C=O) groups excluding carboxylic acids is 2. The minimum absolute atomic E-state index is 0.143. The number of nitrogens with zero attached hydrogens (tertiary/aromatic N) is 3. The predicted octanol–water partition coefficient (Wildman–Crippen LogP) is 4.84. The normalized spacial score (nSPS) is 17.0. The van der Waals surface area contributed by atoms with Crippen LogP contribution in [0.1, 0.15) is 30.4 Å². The number of rotatable bonds is 7. The fourth-order valence-electron chi connectivity index (χ4n) is 5.00. The van der Waals surface area contributed by atoms with Crippen molar-refractivity contribution in [3.8, 4) is 0 Å². The number of amides is 2. The van der Waals surface area contributed by atoms with Crippen molar-refractivity contribution >= 4 is 28.9 Å². The molecule has 0 aromatic heterocycles. The van der Waals surface area contributed by atoms with Gasteiger partial charge in [-0.1, -0.05) is 0 Å². The van der Waals surface area contributed by atoms with E-state index in [1.165, 1.54) is 31.4 Å². The van der Waals surface area contributed by atoms with Crippen molar-refractivity contribution in [2.45, 2.75) is 37.7 Å². The summed E-state index contributed by atoms with van der Waals surface area (Å²) in [5.41, 5.74) is 1.38. The monoisotopic (exact) mass is 587 g/mol. The summed E-state index contributed by atoms with van der Waals surface area (Å²) in [7, 11) is 1.22. The van der Waals surface area contributed by atoms with Crippen molar-refractivity contribution in [1.29, 1.82) is 0 Å². The lowest BCUT2D eigenvalue weighted by Gasteiger charge is -2.37. The lowest BCUT2D eigenvalue weighted by Crippen LogP contribution is -2.50. The van der Waals surface area contributed by atoms with Gasteiger partial charge < -0.3 is 20.0 Å². The summed E-state index contributed by atoms with van der Waals surface area (Å²) in [5, 5.41) is 3.10. The van der Waals surface area contributed by atoms with Crippen LogP contribution in [0.4, 0.5) is 43.4 Å². The summed E-state index contributed by atoms with van der Waals surface area (Å²) >= 11 is 0. The number of carbonyl (C=O) groups is 2. The van der Waals surface area contributed by atoms with Gasteiger partial charge in [0.15, 0.2) is 0 Å². The molecule has 2 fully saturated rings. The maximum Gasteiger partial charge on any atom is 0.418 e. The minimum Gasteiger partial charge on any atom is -0.382 e. The summed E-state index contributed by atoms with van der Waals surface area (Å²) in [6.45, 7) is 2.28. The molecule has 14 heteroatoms. The second kappa shape index (κ2) is 12.5. The van der Waals surface area contributed by atoms with E-state index in [0.29, 0.717) is 63.5 Å². The molecule has 2 aromatic carbocycles. The first-order valence-corrected chi connectivity index (χ1v) is 13.1. The molecule has 2 saturated heterocycles. The number of anilines is 3. The standard InChI is InChI=1S/C27H31F6N5O3/c1-41-35-23-7-4-20(16-22(23)27(31,32)33)34-19-8-10-37(11-9-19)24(39)17-25(40)38-14-12-36(13-15-38)21-5-2-18(3-6-21)26(28,29)30/h2-7,16,19,34-35H,8-15,17H2,1H3. The molecule has 224 valence electrons. The number of alkyl halides is 6. The van der Waals surface area contributed by atoms with Crippen LogP contribution in [-0.2, 0) is 26.8 Å². The third kappa shape index (κ3) is 7.75. The molecule has 0 spiro atoms. The number of benzene rings is 2. The van der Waals surface area contributed by atoms with Gasteiger partial charge in [-0.25, -0.2) is 0 Å². The molecule has 2 heterocycles. The van der Waals surface area contributed by atoms with E-state index in [1.807, 2.05) is 4.90 Å². The van der Waals surface area contributed by atoms with E-state index in [2.05, 4.69) is 15.6 Å². The van der Waals surface area contributed by atoms with Gasteiger partial charge in [0.2, 0.25) is 11.8 Å². The Balaban J connectivity index is 1.22. The van der Waals surface area contributed by atoms with Gasteiger partial charge in [-0.3, -0.25) is 19.9 Å². The van der Waals surface area contributed by atoms with Crippen LogP contribution in [0.25, 0.3) is 0 Å². The van der Waals surface area contributed by atoms with Gasteiger partial charge in [0.25, 0.3) is 0 Å². The molecule has 2 aliphatic heterocycles. The van der Waals surface area contributed by atoms with E-state index in [4.69, 9.17) is 0 Å². The molecule has 2 aliphatic rings. The van der Waals surface area contributed by atoms with E-state index < -0.39 is 23.5 Å². The zero-order valence-electron chi connectivity index (χ0n) is 22.3. The lowest BCUT2D eigenvalue weighted by atomic mass is 10.0. The molecule has 2 amide bonds. The third-order valence-electron chi connectivity index (χ3n) is 7.25. The first kappa shape index (κ1) is 30.3. The van der Waals surface area contributed by atoms with Crippen LogP contribution < -0.4 is 15.7 Å². The largest absolute Gasteiger partial charge is 0.418 e. The summed E-state index contributed by atoms with van der Waals surface area (Å²) < 4.78 is 78.7. The van der Waals surface area contributed by atoms with Crippen molar-refractivity contribution in [3.63, 3.8) is 0 Å². The first-order valence-electron chi connectivity index (χ1n) is 13.1. The number of nitrogens with one attached hydrogen (secondary N) is 2. The summed E-state index contributed by atoms with van der Waals surface area (Å²) in [6.07, 6.45) is -8.26. The van der Waals surface area contributed by atoms with E-state index in [0.717, 1.165) is 18.2 Å². The van der Waals surface area contributed by atoms with Crippen molar-refractivity contribution in [1.82, 2.24) is 9.80 Å². The quantitative estimate of drug-likeness (QED) is 0.275. The van der Waals surface area contributed by atoms with Crippen LogP contribution in [0.15, 0.2) is 42.5 Å². The average molecular weight is 588 g/mol. The number of hydrogen-bond acceptors (Lipinski definition) is 6. The zero-order chi connectivity index (χ0) is 29.8. The highest BCUT2D eigenvalue weighted by Crippen LogP contribution is 2.37. The molecule has 0 atom stereocenters. The topological polar surface area (TPSA) is 77.1 Å². The smallest absolute Gasteiger partial charge is 0.382 e.